The number of carbonyl (C=O) groups is 3. The van der Waals surface area contributed by atoms with Crippen molar-refractivity contribution in [1.82, 2.24) is 15.5 Å². The van der Waals surface area contributed by atoms with E-state index >= 15 is 0 Å². The van der Waals surface area contributed by atoms with Gasteiger partial charge >= 0.3 is 6.03 Å². The first kappa shape index (κ1) is 24.8. The number of halogens is 3. The van der Waals surface area contributed by atoms with Crippen LogP contribution in [0.1, 0.15) is 71.4 Å². The van der Waals surface area contributed by atoms with E-state index in [4.69, 9.17) is 23.2 Å². The minimum absolute atomic E-state index is 0.112. The van der Waals surface area contributed by atoms with Crippen molar-refractivity contribution in [2.24, 2.45) is 11.3 Å². The highest BCUT2D eigenvalue weighted by molar-refractivity contribution is 6.35. The van der Waals surface area contributed by atoms with Crippen LogP contribution in [0.5, 0.6) is 0 Å². The van der Waals surface area contributed by atoms with Crippen LogP contribution >= 0.6 is 23.2 Å². The number of nitrogens with one attached hydrogen (secondary N) is 2. The zero-order valence-electron chi connectivity index (χ0n) is 18.9. The lowest BCUT2D eigenvalue weighted by atomic mass is 9.65. The number of hydrogen-bond donors (Lipinski definition) is 2. The van der Waals surface area contributed by atoms with Gasteiger partial charge in [-0.1, -0.05) is 50.4 Å². The fourth-order valence-corrected chi connectivity index (χ4v) is 5.26. The first-order valence-corrected chi connectivity index (χ1v) is 11.7. The molecule has 0 aromatic heterocycles. The summed E-state index contributed by atoms with van der Waals surface area (Å²) in [4.78, 5) is 39.2. The monoisotopic (exact) mass is 485 g/mol. The Labute approximate surface area is 198 Å². The number of benzene rings is 1. The molecule has 0 bridgehead atoms. The van der Waals surface area contributed by atoms with Crippen molar-refractivity contribution < 1.29 is 18.8 Å². The van der Waals surface area contributed by atoms with Crippen LogP contribution in [0.25, 0.3) is 0 Å². The summed E-state index contributed by atoms with van der Waals surface area (Å²) in [5.41, 5.74) is -0.385. The fourth-order valence-electron chi connectivity index (χ4n) is 4.72. The Balaban J connectivity index is 1.63. The van der Waals surface area contributed by atoms with E-state index < -0.39 is 35.9 Å². The van der Waals surface area contributed by atoms with E-state index in [1.54, 1.807) is 6.92 Å². The predicted molar refractivity (Wildman–Crippen MR) is 122 cm³/mol. The SMILES string of the molecule is CCC(C)(C)C1CCC2(CC1)NC(=O)N(CC(=O)NC(C)c1cc(F)c(Cl)cc1Cl)C2=O. The van der Waals surface area contributed by atoms with Crippen molar-refractivity contribution >= 4 is 41.0 Å². The molecule has 1 saturated carbocycles. The topological polar surface area (TPSA) is 78.5 Å². The lowest BCUT2D eigenvalue weighted by Gasteiger charge is -2.42. The van der Waals surface area contributed by atoms with Crippen LogP contribution in [0.4, 0.5) is 9.18 Å². The van der Waals surface area contributed by atoms with E-state index in [1.165, 1.54) is 6.07 Å². The molecule has 4 amide bonds. The summed E-state index contributed by atoms with van der Waals surface area (Å²) in [6.45, 7) is 7.87. The average Bonchev–Trinajstić information content (AvgIpc) is 2.94. The van der Waals surface area contributed by atoms with Crippen LogP contribution in [0.3, 0.4) is 0 Å². The molecular weight excluding hydrogens is 456 g/mol. The van der Waals surface area contributed by atoms with Crippen molar-refractivity contribution in [2.45, 2.75) is 71.4 Å². The number of urea groups is 1. The summed E-state index contributed by atoms with van der Waals surface area (Å²) >= 11 is 11.8. The number of amides is 4. The second-order valence-electron chi connectivity index (χ2n) is 9.60. The van der Waals surface area contributed by atoms with Crippen LogP contribution in [0.15, 0.2) is 12.1 Å². The van der Waals surface area contributed by atoms with Gasteiger partial charge in [0.15, 0.2) is 0 Å². The molecule has 3 rings (SSSR count). The maximum Gasteiger partial charge on any atom is 0.325 e. The van der Waals surface area contributed by atoms with Gasteiger partial charge in [0.2, 0.25) is 5.91 Å². The fraction of sp³-hybridized carbons (Fsp3) is 0.609. The highest BCUT2D eigenvalue weighted by Crippen LogP contribution is 2.45. The van der Waals surface area contributed by atoms with Crippen LogP contribution in [0.2, 0.25) is 10.0 Å². The highest BCUT2D eigenvalue weighted by Gasteiger charge is 2.53. The summed E-state index contributed by atoms with van der Waals surface area (Å²) in [6.07, 6.45) is 3.89. The number of rotatable bonds is 6. The maximum atomic E-state index is 13.8. The maximum absolute atomic E-state index is 13.8. The van der Waals surface area contributed by atoms with Gasteiger partial charge in [0.1, 0.15) is 17.9 Å². The molecule has 32 heavy (non-hydrogen) atoms. The minimum atomic E-state index is -0.925. The lowest BCUT2D eigenvalue weighted by molar-refractivity contribution is -0.136. The number of nitrogens with zero attached hydrogens (tertiary/aromatic N) is 1. The van der Waals surface area contributed by atoms with E-state index in [9.17, 15) is 18.8 Å². The molecule has 1 heterocycles. The van der Waals surface area contributed by atoms with Gasteiger partial charge in [-0.05, 0) is 61.6 Å². The number of carbonyl (C=O) groups excluding carboxylic acids is 3. The summed E-state index contributed by atoms with van der Waals surface area (Å²) in [5, 5.41) is 5.62. The van der Waals surface area contributed by atoms with Gasteiger partial charge in [-0.3, -0.25) is 14.5 Å². The van der Waals surface area contributed by atoms with E-state index in [0.29, 0.717) is 24.3 Å². The zero-order chi connectivity index (χ0) is 23.8. The molecule has 2 fully saturated rings. The molecule has 1 aliphatic heterocycles. The van der Waals surface area contributed by atoms with E-state index in [2.05, 4.69) is 31.4 Å². The van der Waals surface area contributed by atoms with E-state index in [0.717, 1.165) is 30.2 Å². The molecule has 1 saturated heterocycles. The standard InChI is InChI=1S/C23H30Cl2FN3O3/c1-5-22(3,4)14-6-8-23(9-7-14)20(31)29(21(32)28-23)12-19(30)27-13(2)15-10-18(26)17(25)11-16(15)24/h10-11,13-14H,5-9,12H2,1-4H3,(H,27,30)(H,28,32). The van der Waals surface area contributed by atoms with Crippen LogP contribution in [-0.4, -0.2) is 34.8 Å². The molecule has 2 aliphatic rings. The Morgan fingerprint density at radius 3 is 2.50 bits per heavy atom. The Morgan fingerprint density at radius 2 is 1.91 bits per heavy atom. The molecule has 1 aromatic carbocycles. The normalized spacial score (nSPS) is 24.6. The molecule has 1 atom stereocenters. The van der Waals surface area contributed by atoms with Gasteiger partial charge in [-0.25, -0.2) is 9.18 Å². The number of imide groups is 1. The van der Waals surface area contributed by atoms with E-state index in [1.807, 2.05) is 0 Å². The first-order chi connectivity index (χ1) is 14.9. The second-order valence-corrected chi connectivity index (χ2v) is 10.4. The Morgan fingerprint density at radius 1 is 1.28 bits per heavy atom. The Hall–Kier alpha value is -1.86. The van der Waals surface area contributed by atoms with Gasteiger partial charge in [-0.15, -0.1) is 0 Å². The molecule has 1 unspecified atom stereocenters. The van der Waals surface area contributed by atoms with Gasteiger partial charge in [-0.2, -0.15) is 0 Å². The quantitative estimate of drug-likeness (QED) is 0.427. The zero-order valence-corrected chi connectivity index (χ0v) is 20.4. The lowest BCUT2D eigenvalue weighted by Crippen LogP contribution is -2.51. The predicted octanol–water partition coefficient (Wildman–Crippen LogP) is 5.23. The van der Waals surface area contributed by atoms with Crippen molar-refractivity contribution in [3.05, 3.63) is 33.6 Å². The molecule has 1 aliphatic carbocycles. The summed E-state index contributed by atoms with van der Waals surface area (Å²) in [6, 6.07) is 1.24. The Kier molecular flexibility index (Phi) is 7.11. The summed E-state index contributed by atoms with van der Waals surface area (Å²) in [5.74, 6) is -1.05. The van der Waals surface area contributed by atoms with Crippen LogP contribution in [0, 0.1) is 17.2 Å². The highest BCUT2D eigenvalue weighted by atomic mass is 35.5. The smallest absolute Gasteiger partial charge is 0.325 e. The molecule has 6 nitrogen and oxygen atoms in total. The van der Waals surface area contributed by atoms with Crippen molar-refractivity contribution in [1.29, 1.82) is 0 Å². The molecule has 2 N–H and O–H groups in total. The Bertz CT molecular complexity index is 929. The van der Waals surface area contributed by atoms with E-state index in [-0.39, 0.29) is 21.4 Å². The molecular formula is C23H30Cl2FN3O3. The number of hydrogen-bond acceptors (Lipinski definition) is 3. The van der Waals surface area contributed by atoms with Crippen molar-refractivity contribution in [3.63, 3.8) is 0 Å². The van der Waals surface area contributed by atoms with Crippen LogP contribution in [-0.2, 0) is 9.59 Å². The average molecular weight is 486 g/mol. The van der Waals surface area contributed by atoms with Crippen molar-refractivity contribution in [2.75, 3.05) is 6.54 Å². The third kappa shape index (κ3) is 4.74. The van der Waals surface area contributed by atoms with Gasteiger partial charge in [0.05, 0.1) is 11.1 Å². The van der Waals surface area contributed by atoms with Crippen LogP contribution < -0.4 is 10.6 Å². The molecule has 9 heteroatoms. The third-order valence-corrected chi connectivity index (χ3v) is 7.90. The molecule has 1 aromatic rings. The largest absolute Gasteiger partial charge is 0.348 e. The summed E-state index contributed by atoms with van der Waals surface area (Å²) < 4.78 is 13.8. The third-order valence-electron chi connectivity index (χ3n) is 7.29. The van der Waals surface area contributed by atoms with Gasteiger partial charge in [0, 0.05) is 5.02 Å². The second kappa shape index (κ2) is 9.18. The minimum Gasteiger partial charge on any atom is -0.348 e. The van der Waals surface area contributed by atoms with Gasteiger partial charge < -0.3 is 10.6 Å². The van der Waals surface area contributed by atoms with Gasteiger partial charge in [0.25, 0.3) is 5.91 Å². The molecule has 1 spiro atoms. The molecule has 0 radical (unpaired) electrons. The molecule has 176 valence electrons. The first-order valence-electron chi connectivity index (χ1n) is 11.0. The summed E-state index contributed by atoms with van der Waals surface area (Å²) in [7, 11) is 0. The van der Waals surface area contributed by atoms with Crippen molar-refractivity contribution in [3.8, 4) is 0 Å².